The van der Waals surface area contributed by atoms with Gasteiger partial charge in [0.15, 0.2) is 0 Å². The smallest absolute Gasteiger partial charge is 0.234 e. The molecule has 2 aliphatic carbocycles. The fourth-order valence-corrected chi connectivity index (χ4v) is 4.18. The molecule has 2 aliphatic rings. The number of nitrogens with two attached hydrogens (primary N) is 1. The van der Waals surface area contributed by atoms with Crippen LogP contribution in [0.5, 0.6) is 0 Å². The first kappa shape index (κ1) is 19.2. The molecular formula is C19H35N3O2. The third kappa shape index (κ3) is 7.65. The summed E-state index contributed by atoms with van der Waals surface area (Å²) >= 11 is 0. The summed E-state index contributed by atoms with van der Waals surface area (Å²) in [5, 5.41) is 3.06. The minimum Gasteiger partial charge on any atom is -0.369 e. The highest BCUT2D eigenvalue weighted by Gasteiger charge is 2.19. The lowest BCUT2D eigenvalue weighted by Crippen LogP contribution is -2.43. The molecule has 0 radical (unpaired) electrons. The summed E-state index contributed by atoms with van der Waals surface area (Å²) in [6.07, 6.45) is 14.0. The van der Waals surface area contributed by atoms with Crippen LogP contribution >= 0.6 is 0 Å². The van der Waals surface area contributed by atoms with E-state index in [0.29, 0.717) is 12.5 Å². The van der Waals surface area contributed by atoms with Crippen molar-refractivity contribution in [3.63, 3.8) is 0 Å². The van der Waals surface area contributed by atoms with Crippen molar-refractivity contribution in [1.82, 2.24) is 10.2 Å². The molecule has 2 rings (SSSR count). The van der Waals surface area contributed by atoms with Crippen molar-refractivity contribution in [3.8, 4) is 0 Å². The Bertz CT molecular complexity index is 388. The molecule has 5 heteroatoms. The first-order valence-electron chi connectivity index (χ1n) is 9.91. The Hall–Kier alpha value is -1.10. The molecule has 0 unspecified atom stereocenters. The number of nitrogens with one attached hydrogen (secondary N) is 1. The minimum absolute atomic E-state index is 0.0328. The van der Waals surface area contributed by atoms with Gasteiger partial charge in [-0.15, -0.1) is 0 Å². The van der Waals surface area contributed by atoms with Gasteiger partial charge in [0.1, 0.15) is 0 Å². The van der Waals surface area contributed by atoms with Crippen molar-refractivity contribution < 1.29 is 9.59 Å². The van der Waals surface area contributed by atoms with Gasteiger partial charge < -0.3 is 11.1 Å². The maximum atomic E-state index is 12.2. The SMILES string of the molecule is NC(=O)CN(CCC1CCCCC1)CC(=O)NCC1CCCCC1. The molecule has 24 heavy (non-hydrogen) atoms. The van der Waals surface area contributed by atoms with E-state index >= 15 is 0 Å². The second kappa shape index (κ2) is 10.7. The summed E-state index contributed by atoms with van der Waals surface area (Å²) < 4.78 is 0. The first-order valence-corrected chi connectivity index (χ1v) is 9.91. The van der Waals surface area contributed by atoms with Crippen molar-refractivity contribution in [2.75, 3.05) is 26.2 Å². The van der Waals surface area contributed by atoms with Crippen molar-refractivity contribution in [1.29, 1.82) is 0 Å². The Kier molecular flexibility index (Phi) is 8.57. The highest BCUT2D eigenvalue weighted by atomic mass is 16.2. The van der Waals surface area contributed by atoms with Gasteiger partial charge in [-0.1, -0.05) is 51.4 Å². The van der Waals surface area contributed by atoms with Gasteiger partial charge in [-0.25, -0.2) is 0 Å². The van der Waals surface area contributed by atoms with Crippen LogP contribution in [0.2, 0.25) is 0 Å². The summed E-state index contributed by atoms with van der Waals surface area (Å²) in [6, 6.07) is 0. The Balaban J connectivity index is 1.69. The maximum Gasteiger partial charge on any atom is 0.234 e. The first-order chi connectivity index (χ1) is 11.6. The van der Waals surface area contributed by atoms with E-state index in [1.54, 1.807) is 0 Å². The van der Waals surface area contributed by atoms with E-state index in [1.807, 2.05) is 4.90 Å². The molecule has 3 N–H and O–H groups in total. The Labute approximate surface area is 146 Å². The summed E-state index contributed by atoms with van der Waals surface area (Å²) in [7, 11) is 0. The highest BCUT2D eigenvalue weighted by Crippen LogP contribution is 2.26. The largest absolute Gasteiger partial charge is 0.369 e. The van der Waals surface area contributed by atoms with Crippen LogP contribution in [0.1, 0.15) is 70.6 Å². The molecule has 0 heterocycles. The second-order valence-electron chi connectivity index (χ2n) is 7.78. The molecule has 0 aromatic heterocycles. The van der Waals surface area contributed by atoms with Crippen LogP contribution in [0.4, 0.5) is 0 Å². The highest BCUT2D eigenvalue weighted by molar-refractivity contribution is 5.80. The molecule has 0 aromatic rings. The summed E-state index contributed by atoms with van der Waals surface area (Å²) in [5.74, 6) is 1.07. The van der Waals surface area contributed by atoms with Crippen LogP contribution in [0.3, 0.4) is 0 Å². The van der Waals surface area contributed by atoms with Gasteiger partial charge in [0.25, 0.3) is 0 Å². The molecule has 0 aliphatic heterocycles. The van der Waals surface area contributed by atoms with Gasteiger partial charge in [0, 0.05) is 6.54 Å². The van der Waals surface area contributed by atoms with Crippen LogP contribution < -0.4 is 11.1 Å². The molecule has 0 atom stereocenters. The van der Waals surface area contributed by atoms with E-state index in [4.69, 9.17) is 5.73 Å². The number of carbonyl (C=O) groups is 2. The molecule has 5 nitrogen and oxygen atoms in total. The van der Waals surface area contributed by atoms with Gasteiger partial charge >= 0.3 is 0 Å². The second-order valence-corrected chi connectivity index (χ2v) is 7.78. The number of primary amides is 1. The molecule has 138 valence electrons. The standard InChI is InChI=1S/C19H35N3O2/c20-18(23)14-22(12-11-16-7-3-1-4-8-16)15-19(24)21-13-17-9-5-2-6-10-17/h16-17H,1-15H2,(H2,20,23)(H,21,24). The summed E-state index contributed by atoms with van der Waals surface area (Å²) in [6.45, 7) is 2.06. The lowest BCUT2D eigenvalue weighted by Gasteiger charge is -2.26. The van der Waals surface area contributed by atoms with Crippen molar-refractivity contribution in [2.45, 2.75) is 70.6 Å². The molecular weight excluding hydrogens is 302 g/mol. The van der Waals surface area contributed by atoms with Crippen molar-refractivity contribution >= 4 is 11.8 Å². The normalized spacial score (nSPS) is 20.2. The zero-order valence-corrected chi connectivity index (χ0v) is 15.1. The van der Waals surface area contributed by atoms with E-state index < -0.39 is 0 Å². The van der Waals surface area contributed by atoms with Crippen LogP contribution in [-0.4, -0.2) is 42.9 Å². The van der Waals surface area contributed by atoms with Crippen LogP contribution in [0.15, 0.2) is 0 Å². The van der Waals surface area contributed by atoms with Crippen LogP contribution in [0.25, 0.3) is 0 Å². The fourth-order valence-electron chi connectivity index (χ4n) is 4.18. The Morgan fingerprint density at radius 2 is 1.46 bits per heavy atom. The third-order valence-corrected chi connectivity index (χ3v) is 5.64. The van der Waals surface area contributed by atoms with E-state index in [0.717, 1.165) is 25.4 Å². The molecule has 2 amide bonds. The van der Waals surface area contributed by atoms with Crippen LogP contribution in [0, 0.1) is 11.8 Å². The Morgan fingerprint density at radius 1 is 0.875 bits per heavy atom. The van der Waals surface area contributed by atoms with E-state index in [2.05, 4.69) is 5.32 Å². The molecule has 0 aromatic carbocycles. The van der Waals surface area contributed by atoms with Gasteiger partial charge in [-0.3, -0.25) is 14.5 Å². The lowest BCUT2D eigenvalue weighted by atomic mass is 9.87. The fraction of sp³-hybridized carbons (Fsp3) is 0.895. The number of amides is 2. The van der Waals surface area contributed by atoms with Gasteiger partial charge in [0.05, 0.1) is 13.1 Å². The number of hydrogen-bond acceptors (Lipinski definition) is 3. The summed E-state index contributed by atoms with van der Waals surface area (Å²) in [5.41, 5.74) is 5.36. The van der Waals surface area contributed by atoms with E-state index in [-0.39, 0.29) is 18.4 Å². The molecule has 2 fully saturated rings. The molecule has 2 saturated carbocycles. The van der Waals surface area contributed by atoms with Gasteiger partial charge in [0.2, 0.25) is 11.8 Å². The van der Waals surface area contributed by atoms with Crippen LogP contribution in [-0.2, 0) is 9.59 Å². The molecule has 0 bridgehead atoms. The number of nitrogens with zero attached hydrogens (tertiary/aromatic N) is 1. The predicted octanol–water partition coefficient (Wildman–Crippen LogP) is 2.44. The number of hydrogen-bond donors (Lipinski definition) is 2. The zero-order valence-electron chi connectivity index (χ0n) is 15.1. The average Bonchev–Trinajstić information content (AvgIpc) is 2.59. The summed E-state index contributed by atoms with van der Waals surface area (Å²) in [4.78, 5) is 25.4. The van der Waals surface area contributed by atoms with Gasteiger partial charge in [-0.2, -0.15) is 0 Å². The predicted molar refractivity (Wildman–Crippen MR) is 96.4 cm³/mol. The Morgan fingerprint density at radius 3 is 2.04 bits per heavy atom. The number of rotatable bonds is 9. The van der Waals surface area contributed by atoms with E-state index in [1.165, 1.54) is 64.2 Å². The van der Waals surface area contributed by atoms with E-state index in [9.17, 15) is 9.59 Å². The van der Waals surface area contributed by atoms with Gasteiger partial charge in [-0.05, 0) is 37.6 Å². The maximum absolute atomic E-state index is 12.2. The zero-order chi connectivity index (χ0) is 17.2. The number of carbonyl (C=O) groups excluding carboxylic acids is 2. The quantitative estimate of drug-likeness (QED) is 0.678. The minimum atomic E-state index is -0.348. The third-order valence-electron chi connectivity index (χ3n) is 5.64. The topological polar surface area (TPSA) is 75.4 Å². The van der Waals surface area contributed by atoms with Crippen molar-refractivity contribution in [2.24, 2.45) is 17.6 Å². The average molecular weight is 338 g/mol. The van der Waals surface area contributed by atoms with Crippen molar-refractivity contribution in [3.05, 3.63) is 0 Å². The lowest BCUT2D eigenvalue weighted by molar-refractivity contribution is -0.124. The monoisotopic (exact) mass is 337 g/mol. The molecule has 0 saturated heterocycles. The molecule has 0 spiro atoms.